The molecule has 0 aromatic carbocycles. The van der Waals surface area contributed by atoms with E-state index in [1.54, 1.807) is 0 Å². The second kappa shape index (κ2) is 56.1. The van der Waals surface area contributed by atoms with Gasteiger partial charge in [0.05, 0.1) is 17.9 Å². The molecule has 0 spiro atoms. The standard InChI is InChI=1S/3C21H40O4.Al/c3*1-3-4-5-6-7-8-9-10-11-12-13-14-15-16-17-18-19(22)21(2,25)20(23)24;/h3*25H,3-18H2,1-2H3,(H,23,24);/q;;;+3/p-3. The van der Waals surface area contributed by atoms with Gasteiger partial charge in [0.2, 0.25) is 0 Å². The molecule has 0 fully saturated rings. The van der Waals surface area contributed by atoms with Gasteiger partial charge < -0.3 is 45.0 Å². The van der Waals surface area contributed by atoms with Crippen LogP contribution in [0.4, 0.5) is 0 Å². The molecule has 12 nitrogen and oxygen atoms in total. The van der Waals surface area contributed by atoms with Crippen LogP contribution in [0.3, 0.4) is 0 Å². The molecule has 0 aliphatic carbocycles. The molecule has 444 valence electrons. The third-order valence-corrected chi connectivity index (χ3v) is 14.8. The summed E-state index contributed by atoms with van der Waals surface area (Å²) in [6.45, 7) is 9.74. The summed E-state index contributed by atoms with van der Waals surface area (Å²) in [6, 6.07) is 0. The third-order valence-electron chi connectivity index (χ3n) is 14.8. The normalized spacial score (nSPS) is 13.4. The molecular formula is C63H117AlO12. The quantitative estimate of drug-likeness (QED) is 0.0293. The van der Waals surface area contributed by atoms with Crippen LogP contribution in [0.2, 0.25) is 0 Å². The molecule has 0 bridgehead atoms. The van der Waals surface area contributed by atoms with E-state index in [9.17, 15) is 59.4 Å². The molecule has 3 N–H and O–H groups in total. The number of Topliss-reactive ketones (excluding diaryl/α,β-unsaturated/α-hetero) is 3. The molecule has 0 aliphatic rings. The minimum atomic E-state index is -2.34. The van der Waals surface area contributed by atoms with Gasteiger partial charge in [-0.05, 0) is 40.0 Å². The fourth-order valence-electron chi connectivity index (χ4n) is 9.04. The average Bonchev–Trinajstić information content (AvgIpc) is 3.37. The first kappa shape index (κ1) is 80.3. The van der Waals surface area contributed by atoms with Crippen molar-refractivity contribution < 1.29 is 59.4 Å². The molecule has 0 aromatic heterocycles. The zero-order valence-corrected chi connectivity index (χ0v) is 51.2. The molecule has 3 unspecified atom stereocenters. The van der Waals surface area contributed by atoms with Crippen molar-refractivity contribution in [1.29, 1.82) is 0 Å². The number of ketones is 3. The second-order valence-corrected chi connectivity index (χ2v) is 22.4. The average molecular weight is 1090 g/mol. The van der Waals surface area contributed by atoms with Gasteiger partial charge in [0.1, 0.15) is 0 Å². The Morgan fingerprint density at radius 2 is 0.355 bits per heavy atom. The molecule has 0 heterocycles. The van der Waals surface area contributed by atoms with E-state index in [2.05, 4.69) is 20.8 Å². The number of carboxylic acids is 3. The Bertz CT molecular complexity index is 1220. The fraction of sp³-hybridized carbons (Fsp3) is 0.905. The van der Waals surface area contributed by atoms with Gasteiger partial charge in [-0.2, -0.15) is 0 Å². The maximum absolute atomic E-state index is 11.6. The number of rotatable bonds is 54. The predicted molar refractivity (Wildman–Crippen MR) is 306 cm³/mol. The van der Waals surface area contributed by atoms with Crippen LogP contribution in [0.5, 0.6) is 0 Å². The predicted octanol–water partition coefficient (Wildman–Crippen LogP) is 12.6. The van der Waals surface area contributed by atoms with Crippen molar-refractivity contribution in [3.8, 4) is 0 Å². The Balaban J connectivity index is -0.000000508. The van der Waals surface area contributed by atoms with Gasteiger partial charge in [-0.25, -0.2) is 0 Å². The van der Waals surface area contributed by atoms with E-state index in [-0.39, 0.29) is 36.6 Å². The Morgan fingerprint density at radius 3 is 0.461 bits per heavy atom. The number of aliphatic carboxylic acids is 3. The van der Waals surface area contributed by atoms with Crippen LogP contribution in [-0.2, 0) is 28.8 Å². The zero-order chi connectivity index (χ0) is 56.9. The molecule has 0 saturated carbocycles. The van der Waals surface area contributed by atoms with Crippen molar-refractivity contribution in [1.82, 2.24) is 0 Å². The maximum atomic E-state index is 11.6. The summed E-state index contributed by atoms with van der Waals surface area (Å²) in [4.78, 5) is 66.6. The molecule has 0 aliphatic heterocycles. The molecule has 0 rings (SSSR count). The summed E-state index contributed by atoms with van der Waals surface area (Å²) in [7, 11) is 0. The smallest absolute Gasteiger partial charge is 0.547 e. The van der Waals surface area contributed by atoms with Crippen molar-refractivity contribution >= 4 is 52.6 Å². The summed E-state index contributed by atoms with van der Waals surface area (Å²) in [6.07, 6.45) is 56.2. The molecule has 0 aromatic rings. The Hall–Kier alpha value is -2.17. The minimum absolute atomic E-state index is 0. The van der Waals surface area contributed by atoms with Crippen LogP contribution in [0.15, 0.2) is 0 Å². The third kappa shape index (κ3) is 50.1. The first-order valence-corrected chi connectivity index (χ1v) is 31.2. The maximum Gasteiger partial charge on any atom is 3.00 e. The summed E-state index contributed by atoms with van der Waals surface area (Å²) in [5.41, 5.74) is -7.01. The summed E-state index contributed by atoms with van der Waals surface area (Å²) in [5, 5.41) is 60.3. The monoisotopic (exact) mass is 1090 g/mol. The largest absolute Gasteiger partial charge is 3.00 e. The Morgan fingerprint density at radius 1 is 0.250 bits per heavy atom. The minimum Gasteiger partial charge on any atom is -0.547 e. The number of carbonyl (C=O) groups excluding carboxylic acids is 6. The van der Waals surface area contributed by atoms with Crippen LogP contribution in [-0.4, -0.2) is 84.7 Å². The number of hydrogen-bond donors (Lipinski definition) is 3. The van der Waals surface area contributed by atoms with Crippen molar-refractivity contribution in [3.63, 3.8) is 0 Å². The van der Waals surface area contributed by atoms with Gasteiger partial charge in [0.15, 0.2) is 34.2 Å². The SMILES string of the molecule is CCCCCCCCCCCCCCCCCC(=O)C(C)(O)C(=O)[O-].CCCCCCCCCCCCCCCCCC(=O)C(C)(O)C(=O)[O-].CCCCCCCCCCCCCCCCCC(=O)C(C)(O)C(=O)[O-].[Al+3]. The molecular weight excluding hydrogens is 976 g/mol. The van der Waals surface area contributed by atoms with E-state index in [1.807, 2.05) is 0 Å². The first-order valence-electron chi connectivity index (χ1n) is 31.2. The summed E-state index contributed by atoms with van der Waals surface area (Å²) < 4.78 is 0. The second-order valence-electron chi connectivity index (χ2n) is 22.4. The van der Waals surface area contributed by atoms with Gasteiger partial charge in [0.25, 0.3) is 0 Å². The van der Waals surface area contributed by atoms with Crippen molar-refractivity contribution in [2.24, 2.45) is 0 Å². The van der Waals surface area contributed by atoms with E-state index in [4.69, 9.17) is 0 Å². The van der Waals surface area contributed by atoms with Crippen LogP contribution >= 0.6 is 0 Å². The molecule has 3 atom stereocenters. The summed E-state index contributed by atoms with van der Waals surface area (Å²) >= 11 is 0. The zero-order valence-electron chi connectivity index (χ0n) is 50.0. The van der Waals surface area contributed by atoms with Crippen LogP contribution < -0.4 is 15.3 Å². The van der Waals surface area contributed by atoms with E-state index >= 15 is 0 Å². The van der Waals surface area contributed by atoms with Gasteiger partial charge in [-0.15, -0.1) is 0 Å². The van der Waals surface area contributed by atoms with Crippen molar-refractivity contribution in [2.75, 3.05) is 0 Å². The van der Waals surface area contributed by atoms with Gasteiger partial charge >= 0.3 is 17.4 Å². The van der Waals surface area contributed by atoms with Gasteiger partial charge in [0, 0.05) is 19.3 Å². The van der Waals surface area contributed by atoms with Gasteiger partial charge in [-0.3, -0.25) is 14.4 Å². The molecule has 13 heteroatoms. The number of aliphatic hydroxyl groups is 3. The molecule has 0 saturated heterocycles. The van der Waals surface area contributed by atoms with Crippen LogP contribution in [0.25, 0.3) is 0 Å². The number of carbonyl (C=O) groups is 6. The topological polar surface area (TPSA) is 232 Å². The van der Waals surface area contributed by atoms with E-state index < -0.39 is 52.1 Å². The molecule has 76 heavy (non-hydrogen) atoms. The van der Waals surface area contributed by atoms with Crippen LogP contribution in [0, 0.1) is 0 Å². The van der Waals surface area contributed by atoms with Gasteiger partial charge in [-0.1, -0.05) is 290 Å². The van der Waals surface area contributed by atoms with E-state index in [1.165, 1.54) is 231 Å². The van der Waals surface area contributed by atoms with Crippen LogP contribution in [0.1, 0.15) is 350 Å². The van der Waals surface area contributed by atoms with E-state index in [0.717, 1.165) is 59.3 Å². The van der Waals surface area contributed by atoms with E-state index in [0.29, 0.717) is 19.3 Å². The number of unbranched alkanes of at least 4 members (excludes halogenated alkanes) is 42. The van der Waals surface area contributed by atoms with Crippen molar-refractivity contribution in [3.05, 3.63) is 0 Å². The number of hydrogen-bond acceptors (Lipinski definition) is 12. The molecule has 0 radical (unpaired) electrons. The molecule has 0 amide bonds. The first-order chi connectivity index (χ1) is 35.8. The Kier molecular flexibility index (Phi) is 59.3. The van der Waals surface area contributed by atoms with Crippen molar-refractivity contribution in [2.45, 2.75) is 367 Å². The fourth-order valence-corrected chi connectivity index (χ4v) is 9.04. The number of carboxylic acid groups (broad SMARTS) is 3. The summed E-state index contributed by atoms with van der Waals surface area (Å²) in [5.74, 6) is -7.08. The Labute approximate surface area is 476 Å².